The maximum absolute atomic E-state index is 14.9. The van der Waals surface area contributed by atoms with Crippen molar-refractivity contribution >= 4 is 11.7 Å². The molecule has 130 valence electrons. The SMILES string of the molecule is COC1O[C@H]2[C@@](C)(O1)[C@H](N(/C=C\C(C)=O)C(C)=O)O[C@]2(F)CO. The first-order chi connectivity index (χ1) is 10.7. The first-order valence-electron chi connectivity index (χ1n) is 6.99. The number of rotatable bonds is 5. The lowest BCUT2D eigenvalue weighted by Gasteiger charge is -2.33. The average molecular weight is 333 g/mol. The Balaban J connectivity index is 2.40. The van der Waals surface area contributed by atoms with Gasteiger partial charge in [-0.2, -0.15) is 0 Å². The molecule has 1 unspecified atom stereocenters. The molecule has 5 atom stereocenters. The molecular weight excluding hydrogens is 313 g/mol. The van der Waals surface area contributed by atoms with E-state index in [-0.39, 0.29) is 5.78 Å². The highest BCUT2D eigenvalue weighted by Crippen LogP contribution is 2.49. The van der Waals surface area contributed by atoms with Gasteiger partial charge in [-0.05, 0) is 19.9 Å². The normalized spacial score (nSPS) is 39.7. The molecule has 0 radical (unpaired) electrons. The number of aliphatic hydroxyl groups is 1. The summed E-state index contributed by atoms with van der Waals surface area (Å²) in [4.78, 5) is 24.0. The number of allylic oxidation sites excluding steroid dienone is 1. The van der Waals surface area contributed by atoms with Gasteiger partial charge in [0.2, 0.25) is 5.91 Å². The molecule has 23 heavy (non-hydrogen) atoms. The number of alkyl halides is 1. The van der Waals surface area contributed by atoms with Crippen LogP contribution in [-0.4, -0.2) is 65.7 Å². The monoisotopic (exact) mass is 333 g/mol. The number of halogens is 1. The van der Waals surface area contributed by atoms with Crippen LogP contribution in [0.2, 0.25) is 0 Å². The van der Waals surface area contributed by atoms with E-state index in [1.807, 2.05) is 0 Å². The molecule has 0 spiro atoms. The molecule has 2 rings (SSSR count). The van der Waals surface area contributed by atoms with E-state index in [1.54, 1.807) is 0 Å². The van der Waals surface area contributed by atoms with Crippen molar-refractivity contribution in [3.8, 4) is 0 Å². The summed E-state index contributed by atoms with van der Waals surface area (Å²) in [6.07, 6.45) is -0.242. The van der Waals surface area contributed by atoms with Gasteiger partial charge in [0.05, 0.1) is 0 Å². The summed E-state index contributed by atoms with van der Waals surface area (Å²) in [5, 5.41) is 9.35. The number of ether oxygens (including phenoxy) is 4. The zero-order valence-electron chi connectivity index (χ0n) is 13.3. The Morgan fingerprint density at radius 3 is 2.52 bits per heavy atom. The average Bonchev–Trinajstić information content (AvgIpc) is 2.92. The van der Waals surface area contributed by atoms with Gasteiger partial charge in [-0.3, -0.25) is 14.5 Å². The van der Waals surface area contributed by atoms with Gasteiger partial charge >= 0.3 is 0 Å². The minimum absolute atomic E-state index is 0.303. The smallest absolute Gasteiger partial charge is 0.272 e. The predicted octanol–water partition coefficient (Wildman–Crippen LogP) is 0.0561. The Labute approximate surface area is 132 Å². The maximum Gasteiger partial charge on any atom is 0.272 e. The molecule has 0 aromatic heterocycles. The second-order valence-electron chi connectivity index (χ2n) is 5.61. The fourth-order valence-electron chi connectivity index (χ4n) is 2.72. The van der Waals surface area contributed by atoms with Crippen molar-refractivity contribution in [2.75, 3.05) is 13.7 Å². The van der Waals surface area contributed by atoms with Gasteiger partial charge < -0.3 is 24.1 Å². The fraction of sp³-hybridized carbons (Fsp3) is 0.714. The molecule has 1 N–H and O–H groups in total. The van der Waals surface area contributed by atoms with Gasteiger partial charge in [-0.15, -0.1) is 0 Å². The third-order valence-corrected chi connectivity index (χ3v) is 3.80. The number of aliphatic hydroxyl groups excluding tert-OH is 1. The molecule has 2 aliphatic rings. The number of hydrogen-bond acceptors (Lipinski definition) is 7. The van der Waals surface area contributed by atoms with Gasteiger partial charge in [0.15, 0.2) is 18.1 Å². The van der Waals surface area contributed by atoms with Crippen LogP contribution >= 0.6 is 0 Å². The molecule has 2 heterocycles. The Morgan fingerprint density at radius 1 is 1.39 bits per heavy atom. The zero-order valence-corrected chi connectivity index (χ0v) is 13.3. The van der Waals surface area contributed by atoms with Crippen molar-refractivity contribution in [2.45, 2.75) is 51.0 Å². The highest BCUT2D eigenvalue weighted by molar-refractivity contribution is 5.88. The Morgan fingerprint density at radius 2 is 2.04 bits per heavy atom. The predicted molar refractivity (Wildman–Crippen MR) is 73.3 cm³/mol. The Kier molecular flexibility index (Phi) is 4.88. The molecule has 0 bridgehead atoms. The molecule has 0 aromatic carbocycles. The van der Waals surface area contributed by atoms with Gasteiger partial charge in [-0.25, -0.2) is 4.39 Å². The van der Waals surface area contributed by atoms with Crippen LogP contribution in [0.25, 0.3) is 0 Å². The fourth-order valence-corrected chi connectivity index (χ4v) is 2.72. The number of nitrogens with zero attached hydrogens (tertiary/aromatic N) is 1. The van der Waals surface area contributed by atoms with E-state index < -0.39 is 42.8 Å². The van der Waals surface area contributed by atoms with Crippen LogP contribution in [0.1, 0.15) is 20.8 Å². The van der Waals surface area contributed by atoms with Crippen LogP contribution in [0.5, 0.6) is 0 Å². The van der Waals surface area contributed by atoms with E-state index in [0.717, 1.165) is 11.0 Å². The van der Waals surface area contributed by atoms with E-state index in [2.05, 4.69) is 0 Å². The summed E-state index contributed by atoms with van der Waals surface area (Å²) in [6.45, 7) is 1.86. The largest absolute Gasteiger partial charge is 0.390 e. The van der Waals surface area contributed by atoms with Crippen molar-refractivity contribution in [3.05, 3.63) is 12.3 Å². The Bertz CT molecular complexity index is 527. The first-order valence-corrected chi connectivity index (χ1v) is 6.99. The number of methoxy groups -OCH3 is 1. The maximum atomic E-state index is 14.9. The van der Waals surface area contributed by atoms with Crippen molar-refractivity contribution in [1.29, 1.82) is 0 Å². The molecule has 2 saturated heterocycles. The van der Waals surface area contributed by atoms with Crippen molar-refractivity contribution in [2.24, 2.45) is 0 Å². The molecule has 2 fully saturated rings. The quantitative estimate of drug-likeness (QED) is 0.711. The molecule has 0 aliphatic carbocycles. The van der Waals surface area contributed by atoms with Gasteiger partial charge in [0, 0.05) is 20.2 Å². The number of hydrogen-bond donors (Lipinski definition) is 1. The third-order valence-electron chi connectivity index (χ3n) is 3.80. The first kappa shape index (κ1) is 18.0. The molecule has 1 amide bonds. The highest BCUT2D eigenvalue weighted by Gasteiger charge is 2.70. The molecule has 0 aromatic rings. The minimum atomic E-state index is -2.58. The van der Waals surface area contributed by atoms with E-state index in [9.17, 15) is 19.1 Å². The van der Waals surface area contributed by atoms with E-state index >= 15 is 0 Å². The topological polar surface area (TPSA) is 94.5 Å². The van der Waals surface area contributed by atoms with Gasteiger partial charge in [-0.1, -0.05) is 0 Å². The number of amides is 1. The second-order valence-corrected chi connectivity index (χ2v) is 5.61. The molecule has 9 heteroatoms. The minimum Gasteiger partial charge on any atom is -0.390 e. The van der Waals surface area contributed by atoms with Gasteiger partial charge in [0.1, 0.15) is 12.2 Å². The van der Waals surface area contributed by atoms with Crippen molar-refractivity contribution in [3.63, 3.8) is 0 Å². The molecule has 0 saturated carbocycles. The van der Waals surface area contributed by atoms with Crippen LogP contribution in [0.3, 0.4) is 0 Å². The van der Waals surface area contributed by atoms with E-state index in [0.29, 0.717) is 0 Å². The number of ketones is 1. The summed E-state index contributed by atoms with van der Waals surface area (Å²) in [5.74, 6) is -3.38. The number of carbonyl (C=O) groups is 2. The lowest BCUT2D eigenvalue weighted by atomic mass is 9.95. The van der Waals surface area contributed by atoms with Crippen LogP contribution in [-0.2, 0) is 28.5 Å². The second kappa shape index (κ2) is 6.25. The van der Waals surface area contributed by atoms with Crippen molar-refractivity contribution in [1.82, 2.24) is 4.90 Å². The standard InChI is InChI=1S/C14H20FNO7/c1-8(18)5-6-16(9(2)19)11-13(3)10(14(15,7-17)22-11)21-12(20-4)23-13/h5-6,10-12,17H,7H2,1-4H3/b6-5-/t10-,11+,12?,13+,14+/m0/s1. The number of carbonyl (C=O) groups excluding carboxylic acids is 2. The summed E-state index contributed by atoms with van der Waals surface area (Å²) in [7, 11) is 1.31. The third kappa shape index (κ3) is 3.02. The summed E-state index contributed by atoms with van der Waals surface area (Å²) in [6, 6.07) is 0. The van der Waals surface area contributed by atoms with Crippen LogP contribution in [0.15, 0.2) is 12.3 Å². The van der Waals surface area contributed by atoms with E-state index in [4.69, 9.17) is 18.9 Å². The summed E-state index contributed by atoms with van der Waals surface area (Å²) < 4.78 is 35.8. The summed E-state index contributed by atoms with van der Waals surface area (Å²) in [5.41, 5.74) is -1.44. The number of fused-ring (bicyclic) bond motifs is 1. The molecule has 8 nitrogen and oxygen atoms in total. The van der Waals surface area contributed by atoms with Crippen LogP contribution in [0, 0.1) is 0 Å². The van der Waals surface area contributed by atoms with Crippen LogP contribution in [0.4, 0.5) is 4.39 Å². The molecule has 2 aliphatic heterocycles. The highest BCUT2D eigenvalue weighted by atomic mass is 19.2. The van der Waals surface area contributed by atoms with Crippen molar-refractivity contribution < 1.29 is 38.0 Å². The van der Waals surface area contributed by atoms with Gasteiger partial charge in [0.25, 0.3) is 12.3 Å². The molecular formula is C14H20FNO7. The van der Waals surface area contributed by atoms with E-state index in [1.165, 1.54) is 34.1 Å². The lowest BCUT2D eigenvalue weighted by molar-refractivity contribution is -0.301. The summed E-state index contributed by atoms with van der Waals surface area (Å²) >= 11 is 0. The van der Waals surface area contributed by atoms with Crippen LogP contribution < -0.4 is 0 Å². The zero-order chi connectivity index (χ0) is 17.4. The lowest BCUT2D eigenvalue weighted by Crippen LogP contribution is -2.52. The Hall–Kier alpha value is -1.39.